The van der Waals surface area contributed by atoms with Crippen LogP contribution in [0.3, 0.4) is 0 Å². The van der Waals surface area contributed by atoms with Gasteiger partial charge in [-0.1, -0.05) is 32.1 Å². The Labute approximate surface area is 118 Å². The lowest BCUT2D eigenvalue weighted by Crippen LogP contribution is -1.99. The minimum atomic E-state index is 0.804. The van der Waals surface area contributed by atoms with E-state index in [1.807, 2.05) is 18.2 Å². The number of rotatable bonds is 0. The van der Waals surface area contributed by atoms with E-state index in [-0.39, 0.29) is 0 Å². The highest BCUT2D eigenvalue weighted by molar-refractivity contribution is 9.10. The summed E-state index contributed by atoms with van der Waals surface area (Å²) in [4.78, 5) is 0. The molecule has 0 N–H and O–H groups in total. The third-order valence-corrected chi connectivity index (χ3v) is 3.84. The second-order valence-corrected chi connectivity index (χ2v) is 5.62. The van der Waals surface area contributed by atoms with Gasteiger partial charge >= 0.3 is 0 Å². The van der Waals surface area contributed by atoms with Crippen LogP contribution in [0, 0.1) is 0 Å². The number of fused-ring (bicyclic) bond motifs is 12. The molecule has 2 bridgehead atoms. The molecule has 0 unspecified atom stereocenters. The minimum absolute atomic E-state index is 0.804. The second kappa shape index (κ2) is 7.67. The molecule has 0 saturated heterocycles. The molecule has 0 fully saturated rings. The van der Waals surface area contributed by atoms with Crippen LogP contribution in [0.15, 0.2) is 22.7 Å². The minimum Gasteiger partial charge on any atom is -0.494 e. The molecule has 2 aliphatic rings. The summed E-state index contributed by atoms with van der Waals surface area (Å²) in [7, 11) is 0. The van der Waals surface area contributed by atoms with E-state index in [4.69, 9.17) is 9.47 Å². The number of ether oxygens (including phenoxy) is 2. The summed E-state index contributed by atoms with van der Waals surface area (Å²) in [6.07, 6.45) is 8.83. The van der Waals surface area contributed by atoms with Gasteiger partial charge in [0.1, 0.15) is 11.5 Å². The molecule has 100 valence electrons. The smallest absolute Gasteiger partial charge is 0.133 e. The van der Waals surface area contributed by atoms with Gasteiger partial charge in [-0.2, -0.15) is 0 Å². The molecule has 1 aromatic carbocycles. The molecular formula is C15H21BrO2. The zero-order valence-corrected chi connectivity index (χ0v) is 12.4. The van der Waals surface area contributed by atoms with Gasteiger partial charge < -0.3 is 9.47 Å². The van der Waals surface area contributed by atoms with Crippen molar-refractivity contribution in [1.82, 2.24) is 0 Å². The van der Waals surface area contributed by atoms with E-state index in [0.717, 1.165) is 42.0 Å². The van der Waals surface area contributed by atoms with Crippen molar-refractivity contribution in [3.63, 3.8) is 0 Å². The number of benzene rings is 1. The molecule has 3 rings (SSSR count). The summed E-state index contributed by atoms with van der Waals surface area (Å²) in [6.45, 7) is 1.62. The van der Waals surface area contributed by atoms with Crippen LogP contribution in [-0.4, -0.2) is 13.2 Å². The fraction of sp³-hybridized carbons (Fsp3) is 0.600. The summed E-state index contributed by atoms with van der Waals surface area (Å²) in [5.41, 5.74) is 0. The van der Waals surface area contributed by atoms with E-state index < -0.39 is 0 Å². The van der Waals surface area contributed by atoms with Crippen molar-refractivity contribution in [3.05, 3.63) is 22.7 Å². The monoisotopic (exact) mass is 312 g/mol. The molecule has 0 saturated carbocycles. The van der Waals surface area contributed by atoms with Gasteiger partial charge in [-0.05, 0) is 47.0 Å². The highest BCUT2D eigenvalue weighted by Gasteiger charge is 2.04. The molecule has 2 aliphatic heterocycles. The van der Waals surface area contributed by atoms with Crippen molar-refractivity contribution < 1.29 is 9.47 Å². The summed E-state index contributed by atoms with van der Waals surface area (Å²) in [5.74, 6) is 1.83. The van der Waals surface area contributed by atoms with Gasteiger partial charge in [0.2, 0.25) is 0 Å². The van der Waals surface area contributed by atoms with Crippen LogP contribution in [0.4, 0.5) is 0 Å². The molecule has 2 heterocycles. The van der Waals surface area contributed by atoms with Gasteiger partial charge in [0.25, 0.3) is 0 Å². The zero-order valence-electron chi connectivity index (χ0n) is 10.8. The molecule has 0 aromatic heterocycles. The first-order valence-corrected chi connectivity index (χ1v) is 7.71. The molecule has 2 nitrogen and oxygen atoms in total. The normalized spacial score (nSPS) is 18.3. The quantitative estimate of drug-likeness (QED) is 0.674. The lowest BCUT2D eigenvalue weighted by molar-refractivity contribution is 0.299. The fourth-order valence-corrected chi connectivity index (χ4v) is 2.62. The van der Waals surface area contributed by atoms with E-state index >= 15 is 0 Å². The third kappa shape index (κ3) is 4.52. The third-order valence-electron chi connectivity index (χ3n) is 3.22. The summed E-state index contributed by atoms with van der Waals surface area (Å²) >= 11 is 3.53. The van der Waals surface area contributed by atoms with Crippen molar-refractivity contribution in [1.29, 1.82) is 0 Å². The Hall–Kier alpha value is -0.700. The fourth-order valence-electron chi connectivity index (χ4n) is 2.15. The van der Waals surface area contributed by atoms with Gasteiger partial charge in [-0.25, -0.2) is 0 Å². The Balaban J connectivity index is 1.97. The predicted octanol–water partition coefficient (Wildman–Crippen LogP) is 4.95. The standard InChI is InChI=1S/C15H21BrO2/c16-14-12-13-8-9-15(14)18-11-7-5-3-1-2-4-6-10-17-13/h8-9,12H,1-7,10-11H2. The molecule has 0 aliphatic carbocycles. The molecule has 3 heteroatoms. The summed E-state index contributed by atoms with van der Waals surface area (Å²) < 4.78 is 12.5. The van der Waals surface area contributed by atoms with Gasteiger partial charge in [0, 0.05) is 0 Å². The lowest BCUT2D eigenvalue weighted by atomic mass is 10.1. The summed E-state index contributed by atoms with van der Waals surface area (Å²) in [5, 5.41) is 0. The van der Waals surface area contributed by atoms with Crippen LogP contribution in [0.25, 0.3) is 0 Å². The molecule has 1 aromatic rings. The first kappa shape index (κ1) is 13.7. The second-order valence-electron chi connectivity index (χ2n) is 4.76. The van der Waals surface area contributed by atoms with Crippen molar-refractivity contribution in [2.75, 3.05) is 13.2 Å². The van der Waals surface area contributed by atoms with Gasteiger partial charge in [-0.3, -0.25) is 0 Å². The first-order chi connectivity index (χ1) is 8.86. The maximum absolute atomic E-state index is 5.76. The maximum atomic E-state index is 5.76. The van der Waals surface area contributed by atoms with E-state index in [1.165, 1.54) is 32.1 Å². The number of hydrogen-bond donors (Lipinski definition) is 0. The molecule has 0 radical (unpaired) electrons. The number of halogens is 1. The largest absolute Gasteiger partial charge is 0.494 e. The van der Waals surface area contributed by atoms with E-state index in [0.29, 0.717) is 0 Å². The average molecular weight is 313 g/mol. The zero-order chi connectivity index (χ0) is 12.6. The SMILES string of the molecule is Brc1cc2ccc1OCCCCCCCCCO2. The molecule has 0 atom stereocenters. The topological polar surface area (TPSA) is 18.5 Å². The van der Waals surface area contributed by atoms with Crippen LogP contribution >= 0.6 is 15.9 Å². The van der Waals surface area contributed by atoms with Crippen molar-refractivity contribution >= 4 is 15.9 Å². The maximum Gasteiger partial charge on any atom is 0.133 e. The number of hydrogen-bond acceptors (Lipinski definition) is 2. The van der Waals surface area contributed by atoms with E-state index in [1.54, 1.807) is 0 Å². The molecule has 0 amide bonds. The van der Waals surface area contributed by atoms with E-state index in [2.05, 4.69) is 15.9 Å². The summed E-state index contributed by atoms with van der Waals surface area (Å²) in [6, 6.07) is 5.97. The van der Waals surface area contributed by atoms with Crippen LogP contribution in [0.1, 0.15) is 44.9 Å². The Morgan fingerprint density at radius 3 is 2.06 bits per heavy atom. The first-order valence-electron chi connectivity index (χ1n) is 6.91. The Morgan fingerprint density at radius 2 is 1.39 bits per heavy atom. The predicted molar refractivity (Wildman–Crippen MR) is 77.5 cm³/mol. The van der Waals surface area contributed by atoms with Crippen LogP contribution in [-0.2, 0) is 0 Å². The molecule has 18 heavy (non-hydrogen) atoms. The Morgan fingerprint density at radius 1 is 0.778 bits per heavy atom. The van der Waals surface area contributed by atoms with Crippen molar-refractivity contribution in [2.24, 2.45) is 0 Å². The van der Waals surface area contributed by atoms with Crippen LogP contribution in [0.5, 0.6) is 11.5 Å². The van der Waals surface area contributed by atoms with Crippen molar-refractivity contribution in [3.8, 4) is 11.5 Å². The Kier molecular flexibility index (Phi) is 5.85. The lowest BCUT2D eigenvalue weighted by Gasteiger charge is -2.10. The molecular weight excluding hydrogens is 292 g/mol. The average Bonchev–Trinajstić information content (AvgIpc) is 2.38. The van der Waals surface area contributed by atoms with Crippen LogP contribution < -0.4 is 9.47 Å². The van der Waals surface area contributed by atoms with Crippen LogP contribution in [0.2, 0.25) is 0 Å². The van der Waals surface area contributed by atoms with Crippen molar-refractivity contribution in [2.45, 2.75) is 44.9 Å². The highest BCUT2D eigenvalue weighted by Crippen LogP contribution is 2.29. The van der Waals surface area contributed by atoms with Gasteiger partial charge in [0.05, 0.1) is 17.7 Å². The van der Waals surface area contributed by atoms with Gasteiger partial charge in [-0.15, -0.1) is 0 Å². The highest BCUT2D eigenvalue weighted by atomic mass is 79.9. The molecule has 0 spiro atoms. The van der Waals surface area contributed by atoms with Gasteiger partial charge in [0.15, 0.2) is 0 Å². The Bertz CT molecular complexity index is 366. The van der Waals surface area contributed by atoms with E-state index in [9.17, 15) is 0 Å².